The first-order valence-electron chi connectivity index (χ1n) is 19.8. The average molecular weight is 675 g/mol. The highest BCUT2D eigenvalue weighted by atomic mass is 16.6. The lowest BCUT2D eigenvalue weighted by Gasteiger charge is -2.12. The zero-order valence-corrected chi connectivity index (χ0v) is 31.1. The lowest BCUT2D eigenvalue weighted by atomic mass is 10.0. The first-order valence-corrected chi connectivity index (χ1v) is 19.8. The molecule has 0 bridgehead atoms. The fraction of sp³-hybridized carbons (Fsp3) is 0.762. The van der Waals surface area contributed by atoms with Crippen LogP contribution in [-0.4, -0.2) is 47.6 Å². The van der Waals surface area contributed by atoms with Gasteiger partial charge in [-0.2, -0.15) is 0 Å². The Morgan fingerprint density at radius 3 is 1.54 bits per heavy atom. The van der Waals surface area contributed by atoms with E-state index in [0.29, 0.717) is 19.3 Å². The molecule has 0 aliphatic carbocycles. The number of carbonyl (C=O) groups is 2. The van der Waals surface area contributed by atoms with Gasteiger partial charge >= 0.3 is 11.9 Å². The van der Waals surface area contributed by atoms with Crippen molar-refractivity contribution < 1.29 is 29.3 Å². The van der Waals surface area contributed by atoms with E-state index >= 15 is 0 Å². The molecule has 2 atom stereocenters. The van der Waals surface area contributed by atoms with E-state index in [1.54, 1.807) is 0 Å². The number of allylic oxidation sites excluding steroid dienone is 6. The Hall–Kier alpha value is -2.18. The highest BCUT2D eigenvalue weighted by Gasteiger charge is 2.12. The number of carbonyl (C=O) groups excluding carboxylic acids is 2. The van der Waals surface area contributed by atoms with E-state index < -0.39 is 12.2 Å². The van der Waals surface area contributed by atoms with Crippen molar-refractivity contribution in [3.8, 4) is 0 Å². The first kappa shape index (κ1) is 45.8. The van der Waals surface area contributed by atoms with Gasteiger partial charge in [-0.15, -0.1) is 0 Å². The molecule has 0 aromatic rings. The molecular weight excluding hydrogens is 600 g/mol. The van der Waals surface area contributed by atoms with Crippen LogP contribution in [0.3, 0.4) is 0 Å². The number of hydrogen-bond donors (Lipinski definition) is 2. The Labute approximate surface area is 295 Å². The van der Waals surface area contributed by atoms with E-state index in [-0.39, 0.29) is 31.6 Å². The predicted octanol–water partition coefficient (Wildman–Crippen LogP) is 11.2. The number of rotatable bonds is 35. The molecule has 0 amide bonds. The van der Waals surface area contributed by atoms with Crippen LogP contribution >= 0.6 is 0 Å². The van der Waals surface area contributed by atoms with Gasteiger partial charge in [0.15, 0.2) is 0 Å². The molecular formula is C42H74O6. The van der Waals surface area contributed by atoms with Gasteiger partial charge in [-0.05, 0) is 44.9 Å². The zero-order valence-electron chi connectivity index (χ0n) is 31.1. The van der Waals surface area contributed by atoms with Crippen molar-refractivity contribution in [2.45, 2.75) is 193 Å². The molecule has 48 heavy (non-hydrogen) atoms. The number of esters is 2. The van der Waals surface area contributed by atoms with Crippen LogP contribution in [0.4, 0.5) is 0 Å². The maximum absolute atomic E-state index is 12.0. The largest absolute Gasteiger partial charge is 0.463 e. The molecule has 0 unspecified atom stereocenters. The highest BCUT2D eigenvalue weighted by Crippen LogP contribution is 2.14. The summed E-state index contributed by atoms with van der Waals surface area (Å²) >= 11 is 0. The topological polar surface area (TPSA) is 93.1 Å². The van der Waals surface area contributed by atoms with E-state index in [0.717, 1.165) is 38.5 Å². The van der Waals surface area contributed by atoms with Gasteiger partial charge in [0.1, 0.15) is 19.3 Å². The van der Waals surface area contributed by atoms with E-state index in [2.05, 4.69) is 19.9 Å². The summed E-state index contributed by atoms with van der Waals surface area (Å²) in [4.78, 5) is 23.9. The van der Waals surface area contributed by atoms with E-state index in [1.165, 1.54) is 103 Å². The fourth-order valence-corrected chi connectivity index (χ4v) is 5.33. The normalized spacial score (nSPS) is 13.3. The standard InChI is InChI=1S/C42H74O6/c1-3-5-7-9-11-12-13-14-15-16-17-18-19-23-27-31-35-41(45)47-37-40(44)38-48-42(46)36-32-28-24-20-22-26-30-34-39(43)33-29-25-21-10-8-6-4-2/h20-21,24-26,29-30,33,39-40,43-44H,3-19,22-23,27-28,31-32,34-38H2,1-2H3/b24-20+,25-21-,30-26-,33-29-/t39-,40-/m1/s1. The van der Waals surface area contributed by atoms with Crippen LogP contribution < -0.4 is 0 Å². The van der Waals surface area contributed by atoms with Crippen molar-refractivity contribution in [1.29, 1.82) is 0 Å². The van der Waals surface area contributed by atoms with Gasteiger partial charge in [0, 0.05) is 12.8 Å². The summed E-state index contributed by atoms with van der Waals surface area (Å²) < 4.78 is 10.3. The van der Waals surface area contributed by atoms with Gasteiger partial charge in [-0.3, -0.25) is 9.59 Å². The minimum Gasteiger partial charge on any atom is -0.463 e. The maximum Gasteiger partial charge on any atom is 0.305 e. The second-order valence-electron chi connectivity index (χ2n) is 13.3. The van der Waals surface area contributed by atoms with Gasteiger partial charge in [-0.25, -0.2) is 0 Å². The predicted molar refractivity (Wildman–Crippen MR) is 202 cm³/mol. The third-order valence-electron chi connectivity index (χ3n) is 8.40. The Morgan fingerprint density at radius 2 is 0.979 bits per heavy atom. The van der Waals surface area contributed by atoms with Gasteiger partial charge in [-0.1, -0.05) is 172 Å². The van der Waals surface area contributed by atoms with Crippen LogP contribution in [0.15, 0.2) is 48.6 Å². The van der Waals surface area contributed by atoms with Gasteiger partial charge in [0.2, 0.25) is 0 Å². The van der Waals surface area contributed by atoms with Crippen LogP contribution in [0.2, 0.25) is 0 Å². The molecule has 0 aliphatic rings. The second-order valence-corrected chi connectivity index (χ2v) is 13.3. The van der Waals surface area contributed by atoms with E-state index in [4.69, 9.17) is 9.47 Å². The van der Waals surface area contributed by atoms with E-state index in [1.807, 2.05) is 42.5 Å². The van der Waals surface area contributed by atoms with Crippen LogP contribution in [0.25, 0.3) is 0 Å². The Kier molecular flexibility index (Phi) is 35.9. The monoisotopic (exact) mass is 675 g/mol. The third kappa shape index (κ3) is 36.7. The molecule has 6 heteroatoms. The fourth-order valence-electron chi connectivity index (χ4n) is 5.33. The van der Waals surface area contributed by atoms with Crippen LogP contribution in [-0.2, 0) is 19.1 Å². The average Bonchev–Trinajstić information content (AvgIpc) is 3.08. The van der Waals surface area contributed by atoms with Crippen molar-refractivity contribution in [2.75, 3.05) is 13.2 Å². The first-order chi connectivity index (χ1) is 23.5. The lowest BCUT2D eigenvalue weighted by Crippen LogP contribution is -2.25. The third-order valence-corrected chi connectivity index (χ3v) is 8.40. The molecule has 0 saturated heterocycles. The molecule has 6 nitrogen and oxygen atoms in total. The SMILES string of the molecule is CCCCC/C=C\C=C/[C@@H](O)C/C=C\C/C=C/CCCC(=O)OC[C@H](O)COC(=O)CCCCCCCCCCCCCCCCCC. The highest BCUT2D eigenvalue weighted by molar-refractivity contribution is 5.69. The van der Waals surface area contributed by atoms with Crippen molar-refractivity contribution in [3.05, 3.63) is 48.6 Å². The van der Waals surface area contributed by atoms with Crippen molar-refractivity contribution in [3.63, 3.8) is 0 Å². The summed E-state index contributed by atoms with van der Waals surface area (Å²) in [6.07, 6.45) is 43.4. The summed E-state index contributed by atoms with van der Waals surface area (Å²) in [6, 6.07) is 0. The van der Waals surface area contributed by atoms with Crippen LogP contribution in [0, 0.1) is 0 Å². The number of ether oxygens (including phenoxy) is 2. The Morgan fingerprint density at radius 1 is 0.521 bits per heavy atom. The molecule has 0 heterocycles. The van der Waals surface area contributed by atoms with Crippen LogP contribution in [0.1, 0.15) is 181 Å². The maximum atomic E-state index is 12.0. The Balaban J connectivity index is 3.58. The quantitative estimate of drug-likeness (QED) is 0.0301. The molecule has 0 radical (unpaired) electrons. The zero-order chi connectivity index (χ0) is 35.2. The Bertz CT molecular complexity index is 830. The van der Waals surface area contributed by atoms with Crippen molar-refractivity contribution in [2.24, 2.45) is 0 Å². The molecule has 0 aromatic heterocycles. The smallest absolute Gasteiger partial charge is 0.305 e. The molecule has 0 saturated carbocycles. The number of aliphatic hydroxyl groups excluding tert-OH is 2. The van der Waals surface area contributed by atoms with Gasteiger partial charge in [0.25, 0.3) is 0 Å². The summed E-state index contributed by atoms with van der Waals surface area (Å²) in [7, 11) is 0. The molecule has 0 aliphatic heterocycles. The molecule has 2 N–H and O–H groups in total. The summed E-state index contributed by atoms with van der Waals surface area (Å²) in [5, 5.41) is 20.0. The molecule has 278 valence electrons. The molecule has 0 fully saturated rings. The van der Waals surface area contributed by atoms with Crippen molar-refractivity contribution in [1.82, 2.24) is 0 Å². The molecule has 0 aromatic carbocycles. The van der Waals surface area contributed by atoms with E-state index in [9.17, 15) is 19.8 Å². The molecule has 0 rings (SSSR count). The lowest BCUT2D eigenvalue weighted by molar-refractivity contribution is -0.152. The van der Waals surface area contributed by atoms with Gasteiger partial charge in [0.05, 0.1) is 6.10 Å². The summed E-state index contributed by atoms with van der Waals surface area (Å²) in [5.74, 6) is -0.666. The number of unbranched alkanes of at least 4 members (excludes halogenated alkanes) is 19. The second kappa shape index (κ2) is 37.6. The minimum atomic E-state index is -1.00. The minimum absolute atomic E-state index is 0.148. The number of hydrogen-bond acceptors (Lipinski definition) is 6. The van der Waals surface area contributed by atoms with Crippen LogP contribution in [0.5, 0.6) is 0 Å². The molecule has 0 spiro atoms. The van der Waals surface area contributed by atoms with Crippen molar-refractivity contribution >= 4 is 11.9 Å². The number of aliphatic hydroxyl groups is 2. The van der Waals surface area contributed by atoms with Gasteiger partial charge < -0.3 is 19.7 Å². The summed E-state index contributed by atoms with van der Waals surface area (Å²) in [5.41, 5.74) is 0. The summed E-state index contributed by atoms with van der Waals surface area (Å²) in [6.45, 7) is 4.15.